The summed E-state index contributed by atoms with van der Waals surface area (Å²) >= 11 is 0. The molecule has 1 aromatic carbocycles. The van der Waals surface area contributed by atoms with Gasteiger partial charge in [-0.3, -0.25) is 0 Å². The maximum Gasteiger partial charge on any atom is 0.416 e. The molecule has 2 N–H and O–H groups in total. The van der Waals surface area contributed by atoms with Crippen molar-refractivity contribution in [3.05, 3.63) is 59.0 Å². The van der Waals surface area contributed by atoms with Gasteiger partial charge in [0.25, 0.3) is 0 Å². The lowest BCUT2D eigenvalue weighted by Gasteiger charge is -2.08. The minimum absolute atomic E-state index is 0.0568. The lowest BCUT2D eigenvalue weighted by atomic mass is 10.1. The highest BCUT2D eigenvalue weighted by molar-refractivity contribution is 5.87. The van der Waals surface area contributed by atoms with Crippen molar-refractivity contribution in [2.75, 3.05) is 0 Å². The van der Waals surface area contributed by atoms with E-state index in [-0.39, 0.29) is 12.1 Å². The Morgan fingerprint density at radius 1 is 1.19 bits per heavy atom. The van der Waals surface area contributed by atoms with Gasteiger partial charge < -0.3 is 14.8 Å². The quantitative estimate of drug-likeness (QED) is 0.889. The zero-order valence-electron chi connectivity index (χ0n) is 10.8. The standard InChI is InChI=1S/C14H12F3NO3/c15-14(16,17)11-3-1-9(2-4-11)6-18-7-12-5-10(8-21-12)13(19)20/h1-5,8,18H,6-7H2,(H,19,20). The highest BCUT2D eigenvalue weighted by atomic mass is 19.4. The second-order valence-electron chi connectivity index (χ2n) is 4.41. The van der Waals surface area contributed by atoms with Crippen LogP contribution in [0.1, 0.15) is 27.2 Å². The molecule has 0 aliphatic carbocycles. The molecule has 0 saturated heterocycles. The molecule has 2 rings (SSSR count). The normalized spacial score (nSPS) is 11.6. The van der Waals surface area contributed by atoms with E-state index in [1.165, 1.54) is 18.2 Å². The first-order chi connectivity index (χ1) is 9.86. The maximum absolute atomic E-state index is 12.4. The van der Waals surface area contributed by atoms with Crippen LogP contribution >= 0.6 is 0 Å². The van der Waals surface area contributed by atoms with Gasteiger partial charge in [-0.15, -0.1) is 0 Å². The van der Waals surface area contributed by atoms with E-state index >= 15 is 0 Å². The molecule has 0 saturated carbocycles. The number of rotatable bonds is 5. The highest BCUT2D eigenvalue weighted by Gasteiger charge is 2.29. The lowest BCUT2D eigenvalue weighted by molar-refractivity contribution is -0.137. The Hall–Kier alpha value is -2.28. The molecular weight excluding hydrogens is 287 g/mol. The second-order valence-corrected chi connectivity index (χ2v) is 4.41. The van der Waals surface area contributed by atoms with Crippen LogP contribution < -0.4 is 5.32 Å². The van der Waals surface area contributed by atoms with Crippen molar-refractivity contribution in [1.82, 2.24) is 5.32 Å². The average molecular weight is 299 g/mol. The summed E-state index contributed by atoms with van der Waals surface area (Å²) < 4.78 is 42.2. The zero-order chi connectivity index (χ0) is 15.5. The van der Waals surface area contributed by atoms with Crippen molar-refractivity contribution in [3.63, 3.8) is 0 Å². The SMILES string of the molecule is O=C(O)c1coc(CNCc2ccc(C(F)(F)F)cc2)c1. The first-order valence-electron chi connectivity index (χ1n) is 6.04. The summed E-state index contributed by atoms with van der Waals surface area (Å²) in [5.41, 5.74) is 0.0535. The molecule has 0 aliphatic heterocycles. The molecule has 0 amide bonds. The molecule has 0 radical (unpaired) electrons. The molecule has 0 fully saturated rings. The van der Waals surface area contributed by atoms with Crippen LogP contribution in [0.2, 0.25) is 0 Å². The van der Waals surface area contributed by atoms with E-state index in [4.69, 9.17) is 9.52 Å². The van der Waals surface area contributed by atoms with Gasteiger partial charge in [0.05, 0.1) is 17.7 Å². The fourth-order valence-electron chi connectivity index (χ4n) is 1.73. The molecule has 7 heteroatoms. The molecule has 112 valence electrons. The van der Waals surface area contributed by atoms with Crippen LogP contribution in [-0.2, 0) is 19.3 Å². The first-order valence-corrected chi connectivity index (χ1v) is 6.04. The number of nitrogens with one attached hydrogen (secondary N) is 1. The minimum atomic E-state index is -4.34. The van der Waals surface area contributed by atoms with Crippen LogP contribution in [0.5, 0.6) is 0 Å². The number of carboxylic acids is 1. The number of furan rings is 1. The summed E-state index contributed by atoms with van der Waals surface area (Å²) in [6, 6.07) is 6.21. The van der Waals surface area contributed by atoms with Crippen molar-refractivity contribution < 1.29 is 27.5 Å². The van der Waals surface area contributed by atoms with E-state index < -0.39 is 17.7 Å². The van der Waals surface area contributed by atoms with Gasteiger partial charge in [0, 0.05) is 6.54 Å². The van der Waals surface area contributed by atoms with E-state index in [0.29, 0.717) is 17.9 Å². The van der Waals surface area contributed by atoms with Gasteiger partial charge in [0.15, 0.2) is 0 Å². The number of hydrogen-bond donors (Lipinski definition) is 2. The van der Waals surface area contributed by atoms with E-state index in [0.717, 1.165) is 18.4 Å². The Morgan fingerprint density at radius 2 is 1.86 bits per heavy atom. The van der Waals surface area contributed by atoms with Crippen molar-refractivity contribution in [2.45, 2.75) is 19.3 Å². The Morgan fingerprint density at radius 3 is 2.38 bits per heavy atom. The summed E-state index contributed by atoms with van der Waals surface area (Å²) in [5.74, 6) is -0.632. The summed E-state index contributed by atoms with van der Waals surface area (Å²) in [6.07, 6.45) is -3.20. The van der Waals surface area contributed by atoms with E-state index in [1.54, 1.807) is 0 Å². The van der Waals surface area contributed by atoms with Crippen LogP contribution in [0, 0.1) is 0 Å². The van der Waals surface area contributed by atoms with Crippen molar-refractivity contribution >= 4 is 5.97 Å². The third-order valence-electron chi connectivity index (χ3n) is 2.81. The molecule has 2 aromatic rings. The van der Waals surface area contributed by atoms with Gasteiger partial charge >= 0.3 is 12.1 Å². The van der Waals surface area contributed by atoms with E-state index in [9.17, 15) is 18.0 Å². The number of aromatic carboxylic acids is 1. The molecule has 21 heavy (non-hydrogen) atoms. The van der Waals surface area contributed by atoms with Crippen molar-refractivity contribution in [2.24, 2.45) is 0 Å². The number of carbonyl (C=O) groups is 1. The monoisotopic (exact) mass is 299 g/mol. The van der Waals surface area contributed by atoms with Crippen LogP contribution in [0.25, 0.3) is 0 Å². The molecule has 1 aromatic heterocycles. The van der Waals surface area contributed by atoms with Crippen LogP contribution in [-0.4, -0.2) is 11.1 Å². The van der Waals surface area contributed by atoms with Gasteiger partial charge in [-0.1, -0.05) is 12.1 Å². The lowest BCUT2D eigenvalue weighted by Crippen LogP contribution is -2.12. The Kier molecular flexibility index (Phi) is 4.32. The number of alkyl halides is 3. The summed E-state index contributed by atoms with van der Waals surface area (Å²) in [5, 5.41) is 11.7. The van der Waals surface area contributed by atoms with Crippen LogP contribution in [0.15, 0.2) is 41.0 Å². The van der Waals surface area contributed by atoms with Gasteiger partial charge in [0.2, 0.25) is 0 Å². The van der Waals surface area contributed by atoms with Crippen molar-refractivity contribution in [3.8, 4) is 0 Å². The van der Waals surface area contributed by atoms with E-state index in [1.807, 2.05) is 0 Å². The zero-order valence-corrected chi connectivity index (χ0v) is 10.8. The Balaban J connectivity index is 1.87. The molecular formula is C14H12F3NO3. The summed E-state index contributed by atoms with van der Waals surface area (Å²) in [4.78, 5) is 10.7. The molecule has 4 nitrogen and oxygen atoms in total. The highest BCUT2D eigenvalue weighted by Crippen LogP contribution is 2.29. The van der Waals surface area contributed by atoms with Crippen LogP contribution in [0.3, 0.4) is 0 Å². The van der Waals surface area contributed by atoms with Gasteiger partial charge in [0.1, 0.15) is 12.0 Å². The third kappa shape index (κ3) is 4.09. The minimum Gasteiger partial charge on any atom is -0.478 e. The number of benzene rings is 1. The predicted molar refractivity (Wildman–Crippen MR) is 67.7 cm³/mol. The molecule has 0 bridgehead atoms. The number of carboxylic acid groups (broad SMARTS) is 1. The van der Waals surface area contributed by atoms with Crippen LogP contribution in [0.4, 0.5) is 13.2 Å². The topological polar surface area (TPSA) is 62.5 Å². The average Bonchev–Trinajstić information content (AvgIpc) is 2.87. The molecule has 0 atom stereocenters. The largest absolute Gasteiger partial charge is 0.478 e. The van der Waals surface area contributed by atoms with Gasteiger partial charge in [-0.2, -0.15) is 13.2 Å². The number of halogens is 3. The third-order valence-corrected chi connectivity index (χ3v) is 2.81. The van der Waals surface area contributed by atoms with E-state index in [2.05, 4.69) is 5.32 Å². The fraction of sp³-hybridized carbons (Fsp3) is 0.214. The molecule has 1 heterocycles. The van der Waals surface area contributed by atoms with Gasteiger partial charge in [-0.25, -0.2) is 4.79 Å². The Labute approximate surface area is 118 Å². The molecule has 0 aliphatic rings. The number of hydrogen-bond acceptors (Lipinski definition) is 3. The van der Waals surface area contributed by atoms with Gasteiger partial charge in [-0.05, 0) is 23.8 Å². The molecule has 0 spiro atoms. The predicted octanol–water partition coefficient (Wildman–Crippen LogP) is 3.29. The first kappa shape index (κ1) is 15.1. The summed E-state index contributed by atoms with van der Waals surface area (Å²) in [6.45, 7) is 0.634. The smallest absolute Gasteiger partial charge is 0.416 e. The van der Waals surface area contributed by atoms with Crippen molar-refractivity contribution in [1.29, 1.82) is 0 Å². The molecule has 0 unspecified atom stereocenters. The Bertz CT molecular complexity index is 617. The maximum atomic E-state index is 12.4. The fourth-order valence-corrected chi connectivity index (χ4v) is 1.73. The summed E-state index contributed by atoms with van der Waals surface area (Å²) in [7, 11) is 0. The second kappa shape index (κ2) is 6.01.